The minimum atomic E-state index is -3.77. The number of anilines is 1. The summed E-state index contributed by atoms with van der Waals surface area (Å²) in [6, 6.07) is 4.51. The van der Waals surface area contributed by atoms with Gasteiger partial charge in [0.05, 0.1) is 4.90 Å². The molecule has 0 bridgehead atoms. The van der Waals surface area contributed by atoms with Crippen molar-refractivity contribution in [2.24, 2.45) is 5.14 Å². The number of nitrogens with one attached hydrogen (secondary N) is 2. The van der Waals surface area contributed by atoms with Crippen molar-refractivity contribution in [3.63, 3.8) is 0 Å². The van der Waals surface area contributed by atoms with Crippen LogP contribution in [0.1, 0.15) is 18.4 Å². The van der Waals surface area contributed by atoms with Gasteiger partial charge >= 0.3 is 6.03 Å². The summed E-state index contributed by atoms with van der Waals surface area (Å²) in [4.78, 5) is 11.5. The van der Waals surface area contributed by atoms with E-state index in [9.17, 15) is 13.2 Å². The van der Waals surface area contributed by atoms with Crippen LogP contribution >= 0.6 is 0 Å². The van der Waals surface area contributed by atoms with Gasteiger partial charge in [0.1, 0.15) is 0 Å². The minimum absolute atomic E-state index is 0.0201. The second kappa shape index (κ2) is 4.58. The zero-order valence-corrected chi connectivity index (χ0v) is 10.8. The Morgan fingerprint density at radius 1 is 1.39 bits per heavy atom. The number of carbonyl (C=O) groups is 1. The van der Waals surface area contributed by atoms with E-state index in [4.69, 9.17) is 5.14 Å². The Bertz CT molecular complexity index is 579. The predicted molar refractivity (Wildman–Crippen MR) is 67.7 cm³/mol. The van der Waals surface area contributed by atoms with E-state index < -0.39 is 10.0 Å². The highest BCUT2D eigenvalue weighted by molar-refractivity contribution is 7.89. The molecule has 1 saturated carbocycles. The number of hydrogen-bond donors (Lipinski definition) is 3. The average molecular weight is 269 g/mol. The fraction of sp³-hybridized carbons (Fsp3) is 0.364. The average Bonchev–Trinajstić information content (AvgIpc) is 3.03. The summed E-state index contributed by atoms with van der Waals surface area (Å²) in [5, 5.41) is 10.4. The summed E-state index contributed by atoms with van der Waals surface area (Å²) >= 11 is 0. The van der Waals surface area contributed by atoms with E-state index in [0.29, 0.717) is 11.3 Å². The molecule has 0 unspecified atom stereocenters. The maximum absolute atomic E-state index is 11.5. The van der Waals surface area contributed by atoms with Crippen LogP contribution in [0.15, 0.2) is 23.1 Å². The number of primary sulfonamides is 1. The van der Waals surface area contributed by atoms with Crippen molar-refractivity contribution in [2.45, 2.75) is 30.7 Å². The molecule has 0 radical (unpaired) electrons. The normalized spacial score (nSPS) is 15.2. The van der Waals surface area contributed by atoms with E-state index in [2.05, 4.69) is 10.6 Å². The van der Waals surface area contributed by atoms with Crippen molar-refractivity contribution in [2.75, 3.05) is 5.32 Å². The van der Waals surface area contributed by atoms with Crippen molar-refractivity contribution in [1.29, 1.82) is 0 Å². The van der Waals surface area contributed by atoms with Gasteiger partial charge in [-0.05, 0) is 37.5 Å². The zero-order valence-electron chi connectivity index (χ0n) is 9.93. The Morgan fingerprint density at radius 2 is 2.06 bits per heavy atom. The number of amides is 2. The van der Waals surface area contributed by atoms with Crippen molar-refractivity contribution < 1.29 is 13.2 Å². The summed E-state index contributed by atoms with van der Waals surface area (Å²) < 4.78 is 22.7. The van der Waals surface area contributed by atoms with Crippen LogP contribution in [0.5, 0.6) is 0 Å². The number of benzene rings is 1. The molecule has 6 nitrogen and oxygen atoms in total. The Hall–Kier alpha value is -1.60. The molecule has 1 aromatic rings. The number of sulfonamides is 1. The van der Waals surface area contributed by atoms with E-state index in [0.717, 1.165) is 12.8 Å². The molecule has 98 valence electrons. The van der Waals surface area contributed by atoms with Crippen LogP contribution in [-0.2, 0) is 10.0 Å². The van der Waals surface area contributed by atoms with Gasteiger partial charge in [-0.3, -0.25) is 0 Å². The summed E-state index contributed by atoms with van der Waals surface area (Å²) in [6.07, 6.45) is 1.98. The second-order valence-electron chi connectivity index (χ2n) is 4.40. The molecule has 1 aliphatic rings. The fourth-order valence-electron chi connectivity index (χ4n) is 1.56. The van der Waals surface area contributed by atoms with Crippen LogP contribution < -0.4 is 15.8 Å². The third-order valence-electron chi connectivity index (χ3n) is 2.67. The molecule has 1 aromatic carbocycles. The first-order valence-corrected chi connectivity index (χ1v) is 7.12. The molecule has 0 spiro atoms. The van der Waals surface area contributed by atoms with Gasteiger partial charge in [0.25, 0.3) is 0 Å². The van der Waals surface area contributed by atoms with E-state index in [-0.39, 0.29) is 17.0 Å². The number of aryl methyl sites for hydroxylation is 1. The minimum Gasteiger partial charge on any atom is -0.335 e. The Balaban J connectivity index is 2.16. The topological polar surface area (TPSA) is 101 Å². The van der Waals surface area contributed by atoms with E-state index in [1.54, 1.807) is 19.1 Å². The molecule has 0 aromatic heterocycles. The lowest BCUT2D eigenvalue weighted by atomic mass is 10.2. The molecule has 2 amide bonds. The van der Waals surface area contributed by atoms with Crippen LogP contribution in [-0.4, -0.2) is 20.5 Å². The maximum atomic E-state index is 11.5. The standard InChI is InChI=1S/C11H15N3O3S/c1-7-2-3-9(6-10(7)18(12,16)17)14-11(15)13-8-4-5-8/h2-3,6,8H,4-5H2,1H3,(H2,12,16,17)(H2,13,14,15). The summed E-state index contributed by atoms with van der Waals surface area (Å²) in [7, 11) is -3.77. The molecule has 0 saturated heterocycles. The SMILES string of the molecule is Cc1ccc(NC(=O)NC2CC2)cc1S(N)(=O)=O. The molecule has 2 rings (SSSR count). The zero-order chi connectivity index (χ0) is 13.3. The predicted octanol–water partition coefficient (Wildman–Crippen LogP) is 0.926. The molecule has 1 aliphatic carbocycles. The number of hydrogen-bond acceptors (Lipinski definition) is 3. The fourth-order valence-corrected chi connectivity index (χ4v) is 2.37. The van der Waals surface area contributed by atoms with Crippen molar-refractivity contribution in [3.8, 4) is 0 Å². The van der Waals surface area contributed by atoms with Gasteiger partial charge in [0, 0.05) is 11.7 Å². The third kappa shape index (κ3) is 3.21. The van der Waals surface area contributed by atoms with E-state index in [1.165, 1.54) is 6.07 Å². The van der Waals surface area contributed by atoms with Crippen LogP contribution in [0.2, 0.25) is 0 Å². The summed E-state index contributed by atoms with van der Waals surface area (Å²) in [5.74, 6) is 0. The first-order chi connectivity index (χ1) is 8.36. The highest BCUT2D eigenvalue weighted by Gasteiger charge is 2.23. The van der Waals surface area contributed by atoms with Crippen LogP contribution in [0.4, 0.5) is 10.5 Å². The number of rotatable bonds is 3. The lowest BCUT2D eigenvalue weighted by Gasteiger charge is -2.09. The number of nitrogens with two attached hydrogens (primary N) is 1. The molecule has 4 N–H and O–H groups in total. The molecule has 7 heteroatoms. The smallest absolute Gasteiger partial charge is 0.319 e. The van der Waals surface area contributed by atoms with Gasteiger partial charge < -0.3 is 10.6 Å². The number of urea groups is 1. The van der Waals surface area contributed by atoms with Crippen molar-refractivity contribution in [3.05, 3.63) is 23.8 Å². The van der Waals surface area contributed by atoms with Gasteiger partial charge in [-0.1, -0.05) is 6.07 Å². The van der Waals surface area contributed by atoms with E-state index in [1.807, 2.05) is 0 Å². The van der Waals surface area contributed by atoms with Gasteiger partial charge in [-0.2, -0.15) is 0 Å². The molecule has 0 aliphatic heterocycles. The van der Waals surface area contributed by atoms with Crippen LogP contribution in [0.3, 0.4) is 0 Å². The first kappa shape index (κ1) is 12.8. The molecular weight excluding hydrogens is 254 g/mol. The monoisotopic (exact) mass is 269 g/mol. The largest absolute Gasteiger partial charge is 0.335 e. The molecule has 18 heavy (non-hydrogen) atoms. The van der Waals surface area contributed by atoms with Crippen LogP contribution in [0.25, 0.3) is 0 Å². The summed E-state index contributed by atoms with van der Waals surface area (Å²) in [6.45, 7) is 1.65. The molecule has 1 fully saturated rings. The lowest BCUT2D eigenvalue weighted by molar-refractivity contribution is 0.251. The summed E-state index contributed by atoms with van der Waals surface area (Å²) in [5.41, 5.74) is 0.952. The third-order valence-corrected chi connectivity index (χ3v) is 3.72. The highest BCUT2D eigenvalue weighted by atomic mass is 32.2. The van der Waals surface area contributed by atoms with Gasteiger partial charge in [-0.15, -0.1) is 0 Å². The Kier molecular flexibility index (Phi) is 3.27. The lowest BCUT2D eigenvalue weighted by Crippen LogP contribution is -2.30. The van der Waals surface area contributed by atoms with Crippen molar-refractivity contribution >= 4 is 21.7 Å². The van der Waals surface area contributed by atoms with Crippen LogP contribution in [0, 0.1) is 6.92 Å². The Labute approximate surface area is 106 Å². The van der Waals surface area contributed by atoms with Crippen molar-refractivity contribution in [1.82, 2.24) is 5.32 Å². The number of carbonyl (C=O) groups excluding carboxylic acids is 1. The second-order valence-corrected chi connectivity index (χ2v) is 5.93. The molecule has 0 heterocycles. The quantitative estimate of drug-likeness (QED) is 0.760. The Morgan fingerprint density at radius 3 is 2.61 bits per heavy atom. The molecule has 0 atom stereocenters. The van der Waals surface area contributed by atoms with Gasteiger partial charge in [0.15, 0.2) is 0 Å². The van der Waals surface area contributed by atoms with Gasteiger partial charge in [-0.25, -0.2) is 18.4 Å². The van der Waals surface area contributed by atoms with Gasteiger partial charge in [0.2, 0.25) is 10.0 Å². The highest BCUT2D eigenvalue weighted by Crippen LogP contribution is 2.20. The molecular formula is C11H15N3O3S. The first-order valence-electron chi connectivity index (χ1n) is 5.57. The maximum Gasteiger partial charge on any atom is 0.319 e. The van der Waals surface area contributed by atoms with E-state index >= 15 is 0 Å².